The van der Waals surface area contributed by atoms with Crippen LogP contribution in [0.5, 0.6) is 0 Å². The predicted octanol–water partition coefficient (Wildman–Crippen LogP) is 3.42. The van der Waals surface area contributed by atoms with Gasteiger partial charge in [0.25, 0.3) is 0 Å². The van der Waals surface area contributed by atoms with Crippen molar-refractivity contribution >= 4 is 37.3 Å². The molecule has 0 radical (unpaired) electrons. The van der Waals surface area contributed by atoms with Gasteiger partial charge >= 0.3 is 0 Å². The fourth-order valence-electron chi connectivity index (χ4n) is 4.53. The van der Waals surface area contributed by atoms with Crippen molar-refractivity contribution in [2.24, 2.45) is 0 Å². The molecular formula is C25H35N4O2S2+. The summed E-state index contributed by atoms with van der Waals surface area (Å²) < 4.78 is 29.7. The number of aromatic nitrogens is 1. The molecule has 0 atom stereocenters. The van der Waals surface area contributed by atoms with Crippen LogP contribution in [0.3, 0.4) is 0 Å². The van der Waals surface area contributed by atoms with E-state index in [1.165, 1.54) is 31.7 Å². The summed E-state index contributed by atoms with van der Waals surface area (Å²) >= 11 is 1.81. The number of rotatable bonds is 5. The summed E-state index contributed by atoms with van der Waals surface area (Å²) in [6.07, 6.45) is 2.70. The Morgan fingerprint density at radius 3 is 2.39 bits per heavy atom. The molecule has 3 aliphatic rings. The van der Waals surface area contributed by atoms with Gasteiger partial charge in [0.2, 0.25) is 15.4 Å². The molecule has 178 valence electrons. The average Bonchev–Trinajstić information content (AvgIpc) is 3.08. The molecule has 0 saturated carbocycles. The van der Waals surface area contributed by atoms with Gasteiger partial charge in [-0.2, -0.15) is 0 Å². The number of sulfonamides is 1. The van der Waals surface area contributed by atoms with Crippen LogP contribution in [0.2, 0.25) is 0 Å². The van der Waals surface area contributed by atoms with Gasteiger partial charge < -0.3 is 4.90 Å². The molecule has 0 bridgehead atoms. The molecule has 1 fully saturated rings. The Hall–Kier alpha value is -2.03. The highest BCUT2D eigenvalue weighted by molar-refractivity contribution is 7.89. The monoisotopic (exact) mass is 487 g/mol. The first kappa shape index (κ1) is 24.1. The first-order valence-corrected chi connectivity index (χ1v) is 14.3. The lowest BCUT2D eigenvalue weighted by molar-refractivity contribution is 0.434. The van der Waals surface area contributed by atoms with Crippen LogP contribution >= 0.6 is 11.3 Å². The van der Waals surface area contributed by atoms with Crippen LogP contribution in [0.25, 0.3) is 20.8 Å². The number of hydrogen-bond acceptors (Lipinski definition) is 5. The molecule has 0 aromatic heterocycles. The van der Waals surface area contributed by atoms with E-state index >= 15 is 0 Å². The molecule has 2 heterocycles. The van der Waals surface area contributed by atoms with Crippen molar-refractivity contribution in [2.45, 2.75) is 40.0 Å². The largest absolute Gasteiger partial charge is 0.370 e. The minimum Gasteiger partial charge on any atom is -0.370 e. The third kappa shape index (κ3) is 4.79. The lowest BCUT2D eigenvalue weighted by Crippen LogP contribution is -2.36. The van der Waals surface area contributed by atoms with Crippen molar-refractivity contribution < 1.29 is 8.42 Å². The molecule has 2 aliphatic heterocycles. The SMILES string of the molecule is CCc1cc(=[N+](C)C)cc2sc3cc(N4CCCN(S(=O)(=O)CC)CC4)cc(CC)c3nc1-2. The maximum Gasteiger partial charge on any atom is 0.213 e. The fraction of sp³-hybridized carbons (Fsp3) is 0.520. The van der Waals surface area contributed by atoms with Gasteiger partial charge in [0.1, 0.15) is 14.1 Å². The van der Waals surface area contributed by atoms with E-state index in [1.54, 1.807) is 11.2 Å². The van der Waals surface area contributed by atoms with Crippen LogP contribution in [-0.2, 0) is 22.9 Å². The van der Waals surface area contributed by atoms with E-state index in [1.807, 2.05) is 11.3 Å². The smallest absolute Gasteiger partial charge is 0.213 e. The number of aryl methyl sites for hydroxylation is 2. The van der Waals surface area contributed by atoms with E-state index in [-0.39, 0.29) is 5.75 Å². The number of nitrogens with zero attached hydrogens (tertiary/aromatic N) is 4. The fourth-order valence-corrected chi connectivity index (χ4v) is 6.81. The highest BCUT2D eigenvalue weighted by Crippen LogP contribution is 2.36. The van der Waals surface area contributed by atoms with Crippen molar-refractivity contribution in [1.82, 2.24) is 13.9 Å². The van der Waals surface area contributed by atoms with Gasteiger partial charge in [-0.15, -0.1) is 11.3 Å². The van der Waals surface area contributed by atoms with Gasteiger partial charge in [-0.3, -0.25) is 0 Å². The minimum atomic E-state index is -3.15. The van der Waals surface area contributed by atoms with Crippen LogP contribution in [0, 0.1) is 0 Å². The summed E-state index contributed by atoms with van der Waals surface area (Å²) in [6, 6.07) is 9.01. The van der Waals surface area contributed by atoms with Crippen LogP contribution < -0.4 is 14.8 Å². The maximum absolute atomic E-state index is 12.4. The summed E-state index contributed by atoms with van der Waals surface area (Å²) in [6.45, 7) is 8.81. The second-order valence-electron chi connectivity index (χ2n) is 8.86. The van der Waals surface area contributed by atoms with Crippen LogP contribution in [0.15, 0.2) is 24.3 Å². The van der Waals surface area contributed by atoms with Crippen molar-refractivity contribution in [3.8, 4) is 10.6 Å². The van der Waals surface area contributed by atoms with E-state index < -0.39 is 10.0 Å². The van der Waals surface area contributed by atoms with Crippen molar-refractivity contribution in [2.75, 3.05) is 50.9 Å². The number of anilines is 1. The Morgan fingerprint density at radius 2 is 1.73 bits per heavy atom. The molecule has 33 heavy (non-hydrogen) atoms. The Kier molecular flexibility index (Phi) is 7.07. The Bertz CT molecular complexity index is 1310. The molecule has 6 nitrogen and oxygen atoms in total. The highest BCUT2D eigenvalue weighted by atomic mass is 32.2. The van der Waals surface area contributed by atoms with E-state index in [4.69, 9.17) is 4.98 Å². The van der Waals surface area contributed by atoms with Gasteiger partial charge in [-0.25, -0.2) is 22.3 Å². The number of hydrogen-bond donors (Lipinski definition) is 0. The van der Waals surface area contributed by atoms with Crippen molar-refractivity contribution in [3.63, 3.8) is 0 Å². The van der Waals surface area contributed by atoms with Gasteiger partial charge in [-0.05, 0) is 49.4 Å². The standard InChI is InChI=1S/C25H35N4O2S2/c1-6-18-14-20(27(4)5)16-22-24(18)26-25-19(7-2)15-21(17-23(25)32-22)28-10-9-11-29(13-12-28)33(30,31)8-3/h14-17H,6-13H2,1-5H3/q+1. The molecular weight excluding hydrogens is 452 g/mol. The van der Waals surface area contributed by atoms with Gasteiger partial charge in [0.15, 0.2) is 0 Å². The summed E-state index contributed by atoms with van der Waals surface area (Å²) in [5.41, 5.74) is 5.91. The zero-order chi connectivity index (χ0) is 23.8. The van der Waals surface area contributed by atoms with E-state index in [0.29, 0.717) is 19.6 Å². The van der Waals surface area contributed by atoms with Gasteiger partial charge in [-0.1, -0.05) is 13.8 Å². The first-order chi connectivity index (χ1) is 15.8. The van der Waals surface area contributed by atoms with Gasteiger partial charge in [0, 0.05) is 44.0 Å². The quantitative estimate of drug-likeness (QED) is 0.409. The molecule has 8 heteroatoms. The number of benzene rings is 2. The van der Waals surface area contributed by atoms with E-state index in [0.717, 1.165) is 37.0 Å². The Morgan fingerprint density at radius 1 is 0.970 bits per heavy atom. The van der Waals surface area contributed by atoms with Crippen molar-refractivity contribution in [1.29, 1.82) is 0 Å². The average molecular weight is 488 g/mol. The molecule has 0 N–H and O–H groups in total. The van der Waals surface area contributed by atoms with Crippen LogP contribution in [0.1, 0.15) is 38.3 Å². The summed E-state index contributed by atoms with van der Waals surface area (Å²) in [7, 11) is 1.01. The first-order valence-electron chi connectivity index (χ1n) is 11.9. The van der Waals surface area contributed by atoms with E-state index in [2.05, 4.69) is 61.7 Å². The summed E-state index contributed by atoms with van der Waals surface area (Å²) in [5.74, 6) is 0.165. The Balaban J connectivity index is 1.80. The van der Waals surface area contributed by atoms with Crippen molar-refractivity contribution in [3.05, 3.63) is 40.7 Å². The van der Waals surface area contributed by atoms with Crippen LogP contribution in [-0.4, -0.2) is 63.7 Å². The number of fused-ring (bicyclic) bond motifs is 2. The molecule has 1 aliphatic carbocycles. The van der Waals surface area contributed by atoms with Gasteiger partial charge in [0.05, 0.1) is 26.5 Å². The third-order valence-corrected chi connectivity index (χ3v) is 9.52. The minimum absolute atomic E-state index is 0.165. The molecule has 4 rings (SSSR count). The highest BCUT2D eigenvalue weighted by Gasteiger charge is 2.24. The molecule has 0 amide bonds. The molecule has 0 spiro atoms. The predicted molar refractivity (Wildman–Crippen MR) is 140 cm³/mol. The second kappa shape index (κ2) is 9.68. The summed E-state index contributed by atoms with van der Waals surface area (Å²) in [5, 5.41) is 1.20. The lowest BCUT2D eigenvalue weighted by atomic mass is 10.1. The Labute approximate surface area is 201 Å². The molecule has 1 aromatic rings. The topological polar surface area (TPSA) is 56.5 Å². The zero-order valence-corrected chi connectivity index (χ0v) is 22.0. The second-order valence-corrected chi connectivity index (χ2v) is 12.2. The van der Waals surface area contributed by atoms with Crippen LogP contribution in [0.4, 0.5) is 5.69 Å². The zero-order valence-electron chi connectivity index (χ0n) is 20.4. The van der Waals surface area contributed by atoms with E-state index in [9.17, 15) is 8.42 Å². The lowest BCUT2D eigenvalue weighted by Gasteiger charge is -2.25. The molecule has 1 saturated heterocycles. The maximum atomic E-state index is 12.4. The molecule has 1 aromatic carbocycles. The third-order valence-electron chi connectivity index (χ3n) is 6.58. The summed E-state index contributed by atoms with van der Waals surface area (Å²) in [4.78, 5) is 8.72. The normalized spacial score (nSPS) is 15.8. The molecule has 0 unspecified atom stereocenters.